The zero-order valence-electron chi connectivity index (χ0n) is 12.9. The standard InChI is InChI=1S/C19H17N2O/c1-12-6-9-16(21(3)11-12)14-8-7-13(2)17-15-5-4-10-20-19(15)22-18(14)17/h4-11H,1-3H3/q+1. The third-order valence-corrected chi connectivity index (χ3v) is 4.16. The molecule has 3 heteroatoms. The summed E-state index contributed by atoms with van der Waals surface area (Å²) in [6, 6.07) is 12.6. The Balaban J connectivity index is 2.13. The van der Waals surface area contributed by atoms with Gasteiger partial charge in [-0.2, -0.15) is 0 Å². The van der Waals surface area contributed by atoms with Crippen LogP contribution in [0.2, 0.25) is 0 Å². The molecule has 0 atom stereocenters. The second-order valence-corrected chi connectivity index (χ2v) is 5.79. The number of pyridine rings is 2. The monoisotopic (exact) mass is 289 g/mol. The zero-order chi connectivity index (χ0) is 15.3. The van der Waals surface area contributed by atoms with Crippen LogP contribution in [0.5, 0.6) is 0 Å². The van der Waals surface area contributed by atoms with Gasteiger partial charge in [0.15, 0.2) is 11.8 Å². The predicted octanol–water partition coefficient (Wildman–Crippen LogP) is 4.09. The van der Waals surface area contributed by atoms with Crippen molar-refractivity contribution in [2.45, 2.75) is 13.8 Å². The lowest BCUT2D eigenvalue weighted by Crippen LogP contribution is -2.30. The molecule has 0 aliphatic rings. The lowest BCUT2D eigenvalue weighted by atomic mass is 10.0. The molecular formula is C19H17N2O+. The summed E-state index contributed by atoms with van der Waals surface area (Å²) >= 11 is 0. The van der Waals surface area contributed by atoms with Crippen LogP contribution in [0.25, 0.3) is 33.3 Å². The lowest BCUT2D eigenvalue weighted by Gasteiger charge is -2.04. The van der Waals surface area contributed by atoms with Crippen molar-refractivity contribution in [1.29, 1.82) is 0 Å². The summed E-state index contributed by atoms with van der Waals surface area (Å²) in [4.78, 5) is 4.36. The van der Waals surface area contributed by atoms with E-state index in [2.05, 4.69) is 67.0 Å². The quantitative estimate of drug-likeness (QED) is 0.494. The Morgan fingerprint density at radius 1 is 1.05 bits per heavy atom. The Labute approximate surface area is 128 Å². The Morgan fingerprint density at radius 3 is 2.73 bits per heavy atom. The van der Waals surface area contributed by atoms with Gasteiger partial charge in [-0.1, -0.05) is 6.07 Å². The number of nitrogens with zero attached hydrogens (tertiary/aromatic N) is 2. The topological polar surface area (TPSA) is 29.9 Å². The van der Waals surface area contributed by atoms with E-state index in [-0.39, 0.29) is 0 Å². The molecule has 1 aromatic carbocycles. The summed E-state index contributed by atoms with van der Waals surface area (Å²) in [6.07, 6.45) is 3.90. The molecule has 0 unspecified atom stereocenters. The molecule has 0 bridgehead atoms. The van der Waals surface area contributed by atoms with Crippen molar-refractivity contribution in [2.75, 3.05) is 0 Å². The average molecular weight is 289 g/mol. The molecule has 0 amide bonds. The molecular weight excluding hydrogens is 272 g/mol. The molecule has 4 rings (SSSR count). The van der Waals surface area contributed by atoms with Gasteiger partial charge in [0.2, 0.25) is 11.4 Å². The molecule has 108 valence electrons. The molecule has 0 saturated heterocycles. The summed E-state index contributed by atoms with van der Waals surface area (Å²) in [5.74, 6) is 0. The minimum atomic E-state index is 0.697. The van der Waals surface area contributed by atoms with E-state index in [1.54, 1.807) is 6.20 Å². The molecule has 0 N–H and O–H groups in total. The van der Waals surface area contributed by atoms with Gasteiger partial charge in [-0.15, -0.1) is 0 Å². The predicted molar refractivity (Wildman–Crippen MR) is 87.6 cm³/mol. The first-order chi connectivity index (χ1) is 10.6. The number of fused-ring (bicyclic) bond motifs is 3. The first-order valence-corrected chi connectivity index (χ1v) is 7.38. The van der Waals surface area contributed by atoms with Gasteiger partial charge in [0.1, 0.15) is 7.05 Å². The fraction of sp³-hybridized carbons (Fsp3) is 0.158. The number of benzene rings is 1. The maximum atomic E-state index is 6.08. The van der Waals surface area contributed by atoms with Crippen molar-refractivity contribution in [1.82, 2.24) is 4.98 Å². The number of aromatic nitrogens is 2. The molecule has 3 heterocycles. The van der Waals surface area contributed by atoms with E-state index in [0.29, 0.717) is 5.71 Å². The van der Waals surface area contributed by atoms with E-state index < -0.39 is 0 Å². The van der Waals surface area contributed by atoms with Crippen molar-refractivity contribution < 1.29 is 8.98 Å². The molecule has 3 aromatic heterocycles. The summed E-state index contributed by atoms with van der Waals surface area (Å²) < 4.78 is 8.22. The fourth-order valence-corrected chi connectivity index (χ4v) is 3.11. The SMILES string of the molecule is Cc1ccc(-c2ccc(C)c3c2oc2ncccc23)[n+](C)c1. The molecule has 3 nitrogen and oxygen atoms in total. The van der Waals surface area contributed by atoms with Crippen LogP contribution in [-0.4, -0.2) is 4.98 Å². The largest absolute Gasteiger partial charge is 0.437 e. The summed E-state index contributed by atoms with van der Waals surface area (Å²) in [6.45, 7) is 4.21. The zero-order valence-corrected chi connectivity index (χ0v) is 12.9. The van der Waals surface area contributed by atoms with Gasteiger partial charge in [-0.3, -0.25) is 0 Å². The molecule has 0 aliphatic heterocycles. The van der Waals surface area contributed by atoms with Crippen LogP contribution in [0.1, 0.15) is 11.1 Å². The minimum Gasteiger partial charge on any atom is -0.437 e. The average Bonchev–Trinajstić information content (AvgIpc) is 2.89. The lowest BCUT2D eigenvalue weighted by molar-refractivity contribution is -0.660. The summed E-state index contributed by atoms with van der Waals surface area (Å²) in [5, 5.41) is 2.23. The van der Waals surface area contributed by atoms with Crippen LogP contribution in [-0.2, 0) is 7.05 Å². The van der Waals surface area contributed by atoms with E-state index in [4.69, 9.17) is 4.42 Å². The number of hydrogen-bond acceptors (Lipinski definition) is 2. The van der Waals surface area contributed by atoms with E-state index in [1.807, 2.05) is 6.07 Å². The normalized spacial score (nSPS) is 11.4. The second kappa shape index (κ2) is 4.67. The fourth-order valence-electron chi connectivity index (χ4n) is 3.11. The molecule has 22 heavy (non-hydrogen) atoms. The van der Waals surface area contributed by atoms with Crippen molar-refractivity contribution in [3.8, 4) is 11.3 Å². The molecule has 0 aliphatic carbocycles. The maximum absolute atomic E-state index is 6.08. The number of aryl methyl sites for hydroxylation is 3. The smallest absolute Gasteiger partial charge is 0.227 e. The van der Waals surface area contributed by atoms with Crippen LogP contribution >= 0.6 is 0 Å². The molecule has 0 fully saturated rings. The van der Waals surface area contributed by atoms with Crippen LogP contribution in [0, 0.1) is 13.8 Å². The molecule has 0 saturated carbocycles. The highest BCUT2D eigenvalue weighted by molar-refractivity contribution is 6.09. The second-order valence-electron chi connectivity index (χ2n) is 5.79. The number of rotatable bonds is 1. The van der Waals surface area contributed by atoms with Crippen LogP contribution in [0.15, 0.2) is 53.2 Å². The molecule has 4 aromatic rings. The maximum Gasteiger partial charge on any atom is 0.227 e. The highest BCUT2D eigenvalue weighted by atomic mass is 16.3. The number of furan rings is 1. The highest BCUT2D eigenvalue weighted by Crippen LogP contribution is 2.35. The minimum absolute atomic E-state index is 0.697. The van der Waals surface area contributed by atoms with Gasteiger partial charge in [-0.25, -0.2) is 9.55 Å². The Hall–Kier alpha value is -2.68. The van der Waals surface area contributed by atoms with Gasteiger partial charge in [0.25, 0.3) is 0 Å². The van der Waals surface area contributed by atoms with Gasteiger partial charge < -0.3 is 4.42 Å². The van der Waals surface area contributed by atoms with E-state index in [1.165, 1.54) is 11.1 Å². The Kier molecular flexibility index (Phi) is 2.76. The summed E-state index contributed by atoms with van der Waals surface area (Å²) in [7, 11) is 2.06. The summed E-state index contributed by atoms with van der Waals surface area (Å²) in [5.41, 5.74) is 6.29. The Morgan fingerprint density at radius 2 is 1.91 bits per heavy atom. The van der Waals surface area contributed by atoms with Crippen molar-refractivity contribution in [3.05, 3.63) is 59.9 Å². The van der Waals surface area contributed by atoms with Crippen LogP contribution in [0.3, 0.4) is 0 Å². The van der Waals surface area contributed by atoms with E-state index >= 15 is 0 Å². The first-order valence-electron chi connectivity index (χ1n) is 7.38. The van der Waals surface area contributed by atoms with E-state index in [0.717, 1.165) is 27.6 Å². The van der Waals surface area contributed by atoms with Crippen LogP contribution in [0.4, 0.5) is 0 Å². The highest BCUT2D eigenvalue weighted by Gasteiger charge is 2.19. The Bertz CT molecular complexity index is 1010. The van der Waals surface area contributed by atoms with Gasteiger partial charge in [0, 0.05) is 28.6 Å². The van der Waals surface area contributed by atoms with Gasteiger partial charge in [0.05, 0.1) is 5.56 Å². The number of hydrogen-bond donors (Lipinski definition) is 0. The molecule has 0 radical (unpaired) electrons. The van der Waals surface area contributed by atoms with Gasteiger partial charge >= 0.3 is 0 Å². The van der Waals surface area contributed by atoms with E-state index in [9.17, 15) is 0 Å². The van der Waals surface area contributed by atoms with Crippen molar-refractivity contribution >= 4 is 22.1 Å². The first kappa shape index (κ1) is 13.0. The third kappa shape index (κ3) is 1.82. The van der Waals surface area contributed by atoms with Crippen LogP contribution < -0.4 is 4.57 Å². The van der Waals surface area contributed by atoms with Crippen molar-refractivity contribution in [3.63, 3.8) is 0 Å². The molecule has 0 spiro atoms. The van der Waals surface area contributed by atoms with Crippen molar-refractivity contribution in [2.24, 2.45) is 7.05 Å². The van der Waals surface area contributed by atoms with Gasteiger partial charge in [-0.05, 0) is 43.7 Å². The third-order valence-electron chi connectivity index (χ3n) is 4.16.